The molecule has 2 rings (SSSR count). The van der Waals surface area contributed by atoms with Gasteiger partial charge in [-0.1, -0.05) is 81.6 Å². The number of hydrogen-bond acceptors (Lipinski definition) is 5. The van der Waals surface area contributed by atoms with E-state index in [4.69, 9.17) is 16.3 Å². The maximum atomic E-state index is 9.67. The minimum atomic E-state index is -3.67. The van der Waals surface area contributed by atoms with Crippen LogP contribution < -0.4 is 17.1 Å². The van der Waals surface area contributed by atoms with Crippen molar-refractivity contribution in [1.29, 1.82) is 0 Å². The molecular formula is C29H67BCl2F4N4O-2. The fourth-order valence-corrected chi connectivity index (χ4v) is 3.16. The molecule has 0 aromatic carbocycles. The first-order chi connectivity index (χ1) is 17.2. The Morgan fingerprint density at radius 1 is 0.659 bits per heavy atom. The predicted octanol–water partition coefficient (Wildman–Crippen LogP) is 3.57. The Bertz CT molecular complexity index is 451. The van der Waals surface area contributed by atoms with E-state index in [1.165, 1.54) is 64.5 Å². The molecule has 2 aliphatic heterocycles. The molecule has 41 heavy (non-hydrogen) atoms. The van der Waals surface area contributed by atoms with Crippen LogP contribution in [0.4, 0.5) is 12.9 Å². The summed E-state index contributed by atoms with van der Waals surface area (Å²) in [4.78, 5) is 9.16. The van der Waals surface area contributed by atoms with Crippen molar-refractivity contribution in [2.24, 2.45) is 0 Å². The molecule has 0 aromatic heterocycles. The molecule has 0 unspecified atom stereocenters. The largest absolute Gasteiger partial charge is 1.00 e. The topological polar surface area (TPSA) is 22.2 Å². The summed E-state index contributed by atoms with van der Waals surface area (Å²) in [6.45, 7) is 16.7. The van der Waals surface area contributed by atoms with E-state index in [0.717, 1.165) is 32.4 Å². The van der Waals surface area contributed by atoms with E-state index in [9.17, 15) is 12.9 Å². The third kappa shape index (κ3) is 55.6. The van der Waals surface area contributed by atoms with Crippen molar-refractivity contribution in [3.63, 3.8) is 0 Å². The number of nitrogens with zero attached hydrogens (tertiary/aromatic N) is 4. The van der Waals surface area contributed by atoms with Crippen LogP contribution in [0.25, 0.3) is 0 Å². The monoisotopic (exact) mass is 644 g/mol. The van der Waals surface area contributed by atoms with Gasteiger partial charge in [0.25, 0.3) is 0 Å². The standard InChI is InChI=1S/2C10H20N2.C4H10O.C2H5Cl.3CH4.BF3.ClH.FH/c2*1-3-4-5-6-7-12-9-8-11(2)10-12;1-3-5-4-2;1-2-3;;;;2-1(3)4;;/h2*8-9H,3-7,10H2,1-2H3;3-4H2,1-2H3;2H2,1H3;3*1H4;;2*1H/p-2. The highest BCUT2D eigenvalue weighted by Crippen LogP contribution is 2.07. The Balaban J connectivity index is -0.0000000590. The average molecular weight is 646 g/mol. The Morgan fingerprint density at radius 3 is 1.12 bits per heavy atom. The fraction of sp³-hybridized carbons (Fsp3) is 0.862. The highest BCUT2D eigenvalue weighted by atomic mass is 35.5. The van der Waals surface area contributed by atoms with Crippen molar-refractivity contribution in [3.05, 3.63) is 24.8 Å². The van der Waals surface area contributed by atoms with Crippen LogP contribution >= 0.6 is 11.6 Å². The van der Waals surface area contributed by atoms with Crippen molar-refractivity contribution >= 4 is 19.1 Å². The van der Waals surface area contributed by atoms with Crippen LogP contribution in [0.2, 0.25) is 0 Å². The van der Waals surface area contributed by atoms with Crippen LogP contribution in [0, 0.1) is 0 Å². The molecule has 256 valence electrons. The van der Waals surface area contributed by atoms with Crippen LogP contribution in [-0.2, 0) is 4.74 Å². The number of unbranched alkanes of at least 4 members (excludes halogenated alkanes) is 6. The van der Waals surface area contributed by atoms with Gasteiger partial charge in [0.05, 0.1) is 13.3 Å². The molecule has 0 fully saturated rings. The summed E-state index contributed by atoms with van der Waals surface area (Å²) >= 11 is 5.00. The van der Waals surface area contributed by atoms with Gasteiger partial charge in [0, 0.05) is 71.1 Å². The Kier molecular flexibility index (Phi) is 70.6. The van der Waals surface area contributed by atoms with Gasteiger partial charge in [-0.15, -0.1) is 11.6 Å². The Hall–Kier alpha value is -0.995. The molecule has 0 radical (unpaired) electrons. The second-order valence-corrected chi connectivity index (χ2v) is 8.97. The van der Waals surface area contributed by atoms with E-state index in [2.05, 4.69) is 72.3 Å². The van der Waals surface area contributed by atoms with Gasteiger partial charge in [-0.2, -0.15) is 0 Å². The number of ether oxygens (including phenoxy) is 1. The van der Waals surface area contributed by atoms with Crippen LogP contribution in [0.1, 0.15) is 108 Å². The molecule has 0 aliphatic carbocycles. The summed E-state index contributed by atoms with van der Waals surface area (Å²) < 4.78 is 33.8. The molecule has 0 amide bonds. The molecule has 0 atom stereocenters. The molecule has 2 aliphatic rings. The quantitative estimate of drug-likeness (QED) is 0.140. The van der Waals surface area contributed by atoms with E-state index in [1.807, 2.05) is 20.8 Å². The number of halogens is 6. The van der Waals surface area contributed by atoms with Gasteiger partial charge in [0.15, 0.2) is 0 Å². The van der Waals surface area contributed by atoms with Crippen molar-refractivity contribution in [2.45, 2.75) is 108 Å². The lowest BCUT2D eigenvalue weighted by molar-refractivity contribution is -0.00100. The summed E-state index contributed by atoms with van der Waals surface area (Å²) in [6, 6.07) is 0. The molecule has 2 heterocycles. The van der Waals surface area contributed by atoms with Crippen molar-refractivity contribution in [3.8, 4) is 0 Å². The zero-order valence-corrected chi connectivity index (χ0v) is 26.5. The van der Waals surface area contributed by atoms with Gasteiger partial charge in [0.1, 0.15) is 0 Å². The first-order valence-corrected chi connectivity index (χ1v) is 14.1. The minimum absolute atomic E-state index is 0. The van der Waals surface area contributed by atoms with Gasteiger partial charge in [0.2, 0.25) is 0 Å². The number of hydrogen-bond donors (Lipinski definition) is 0. The van der Waals surface area contributed by atoms with Gasteiger partial charge in [-0.05, 0) is 26.7 Å². The predicted molar refractivity (Wildman–Crippen MR) is 173 cm³/mol. The normalized spacial score (nSPS) is 11.6. The van der Waals surface area contributed by atoms with Crippen LogP contribution in [0.5, 0.6) is 0 Å². The van der Waals surface area contributed by atoms with E-state index in [1.54, 1.807) is 0 Å². The highest BCUT2D eigenvalue weighted by Gasteiger charge is 2.07. The summed E-state index contributed by atoms with van der Waals surface area (Å²) in [6.07, 6.45) is 19.5. The van der Waals surface area contributed by atoms with E-state index in [-0.39, 0.29) is 39.4 Å². The molecule has 0 spiro atoms. The zero-order chi connectivity index (χ0) is 28.0. The highest BCUT2D eigenvalue weighted by molar-refractivity contribution is 6.33. The molecule has 0 aromatic rings. The van der Waals surface area contributed by atoms with Crippen LogP contribution in [-0.4, -0.2) is 86.8 Å². The van der Waals surface area contributed by atoms with Gasteiger partial charge in [-0.3, -0.25) is 12.9 Å². The van der Waals surface area contributed by atoms with Gasteiger partial charge in [-0.25, -0.2) is 0 Å². The Morgan fingerprint density at radius 2 is 0.951 bits per heavy atom. The lowest BCUT2D eigenvalue weighted by Crippen LogP contribution is -3.00. The lowest BCUT2D eigenvalue weighted by atomic mass is 10.2. The van der Waals surface area contributed by atoms with Crippen LogP contribution in [0.3, 0.4) is 0 Å². The summed E-state index contributed by atoms with van der Waals surface area (Å²) in [5.74, 6) is 0.722. The molecule has 0 N–H and O–H groups in total. The Labute approximate surface area is 265 Å². The smallest absolute Gasteiger partial charge is 0.762 e. The summed E-state index contributed by atoms with van der Waals surface area (Å²) in [5.41, 5.74) is 0. The first-order valence-electron chi connectivity index (χ1n) is 13.5. The second kappa shape index (κ2) is 48.7. The zero-order valence-electron chi connectivity index (χ0n) is 25.0. The molecule has 0 saturated carbocycles. The SMILES string of the molecule is C.C.C.CCCCCCN1C=CN(C)C1.CCCCCCN1C=CN(C)C1.CCCl.CCOCC.FB(F)F.[Cl-].[F-]. The third-order valence-corrected chi connectivity index (χ3v) is 4.88. The molecule has 0 bridgehead atoms. The van der Waals surface area contributed by atoms with Crippen LogP contribution in [0.15, 0.2) is 24.8 Å². The number of rotatable bonds is 12. The van der Waals surface area contributed by atoms with Crippen molar-refractivity contribution < 1.29 is 34.8 Å². The fourth-order valence-electron chi connectivity index (χ4n) is 3.16. The minimum Gasteiger partial charge on any atom is -1.00 e. The summed E-state index contributed by atoms with van der Waals surface area (Å²) in [7, 11) is 0.561. The van der Waals surface area contributed by atoms with E-state index in [0.29, 0.717) is 0 Å². The number of alkyl halides is 1. The van der Waals surface area contributed by atoms with Gasteiger partial charge >= 0.3 is 7.54 Å². The van der Waals surface area contributed by atoms with Crippen molar-refractivity contribution in [2.75, 3.05) is 59.6 Å². The van der Waals surface area contributed by atoms with E-state index >= 15 is 0 Å². The van der Waals surface area contributed by atoms with Gasteiger partial charge < -0.3 is 41.4 Å². The molecule has 12 heteroatoms. The maximum Gasteiger partial charge on any atom is 0.762 e. The summed E-state index contributed by atoms with van der Waals surface area (Å²) in [5, 5.41) is 0. The first kappa shape index (κ1) is 59.4. The lowest BCUT2D eigenvalue weighted by Gasteiger charge is -2.17. The molecular weight excluding hydrogens is 578 g/mol. The van der Waals surface area contributed by atoms with E-state index < -0.39 is 7.54 Å². The maximum absolute atomic E-state index is 9.67. The third-order valence-electron chi connectivity index (χ3n) is 4.88. The average Bonchev–Trinajstić information content (AvgIpc) is 3.43. The van der Waals surface area contributed by atoms with Crippen molar-refractivity contribution in [1.82, 2.24) is 19.6 Å². The second-order valence-electron chi connectivity index (χ2n) is 8.44. The molecule has 0 saturated heterocycles. The molecule has 5 nitrogen and oxygen atoms in total.